The molecule has 0 saturated carbocycles. The first-order valence-corrected chi connectivity index (χ1v) is 10.0. The highest BCUT2D eigenvalue weighted by molar-refractivity contribution is 5.93. The molecular weight excluding hydrogens is 354 g/mol. The minimum Gasteiger partial charge on any atom is -0.497 e. The maximum Gasteiger partial charge on any atom is 0.270 e. The van der Waals surface area contributed by atoms with Crippen molar-refractivity contribution >= 4 is 5.91 Å². The summed E-state index contributed by atoms with van der Waals surface area (Å²) in [5, 5.41) is 0. The molecule has 2 bridgehead atoms. The normalized spacial score (nSPS) is 30.9. The number of ether oxygens (including phenoxy) is 1. The van der Waals surface area contributed by atoms with Gasteiger partial charge in [-0.1, -0.05) is 18.2 Å². The van der Waals surface area contributed by atoms with Gasteiger partial charge in [-0.05, 0) is 55.6 Å². The first-order valence-electron chi connectivity index (χ1n) is 10.0. The molecule has 6 nitrogen and oxygen atoms in total. The zero-order chi connectivity index (χ0) is 19.3. The van der Waals surface area contributed by atoms with Crippen molar-refractivity contribution < 1.29 is 9.53 Å². The number of aromatic nitrogens is 1. The molecule has 1 N–H and O–H groups in total. The van der Waals surface area contributed by atoms with Gasteiger partial charge in [0.2, 0.25) is 5.56 Å². The summed E-state index contributed by atoms with van der Waals surface area (Å²) < 4.78 is 5.44. The van der Waals surface area contributed by atoms with E-state index < -0.39 is 0 Å². The standard InChI is InChI=1S/C22H25N3O3/c1-28-16-5-2-4-15(12-16)17-13-25(22(27)18-6-3-7-19(26)23-18)20-14-8-10-24(11-9-14)21(17)20/h2-7,12,14,17,20-21H,8-11,13H2,1H3,(H,23,26)/t17-,20-,21-/m0/s1. The predicted molar refractivity (Wildman–Crippen MR) is 106 cm³/mol. The highest BCUT2D eigenvalue weighted by Crippen LogP contribution is 2.47. The van der Waals surface area contributed by atoms with Crippen LogP contribution in [0.3, 0.4) is 0 Å². The van der Waals surface area contributed by atoms with Crippen molar-refractivity contribution in [3.8, 4) is 5.75 Å². The monoisotopic (exact) mass is 379 g/mol. The average Bonchev–Trinajstić information content (AvgIpc) is 3.17. The molecule has 0 radical (unpaired) electrons. The van der Waals surface area contributed by atoms with Crippen LogP contribution in [0.4, 0.5) is 0 Å². The lowest BCUT2D eigenvalue weighted by Gasteiger charge is -2.51. The third-order valence-corrected chi connectivity index (χ3v) is 6.78. The lowest BCUT2D eigenvalue weighted by molar-refractivity contribution is -0.00359. The molecule has 6 rings (SSSR count). The molecule has 0 unspecified atom stereocenters. The van der Waals surface area contributed by atoms with Crippen molar-refractivity contribution in [2.24, 2.45) is 5.92 Å². The second kappa shape index (κ2) is 6.78. The number of hydrogen-bond donors (Lipinski definition) is 1. The first-order chi connectivity index (χ1) is 13.7. The van der Waals surface area contributed by atoms with Gasteiger partial charge in [0, 0.05) is 24.6 Å². The zero-order valence-electron chi connectivity index (χ0n) is 16.0. The number of methoxy groups -OCH3 is 1. The molecule has 2 aromatic rings. The van der Waals surface area contributed by atoms with E-state index in [1.54, 1.807) is 19.2 Å². The maximum absolute atomic E-state index is 13.3. The Morgan fingerprint density at radius 2 is 1.89 bits per heavy atom. The fourth-order valence-corrected chi connectivity index (χ4v) is 5.55. The zero-order valence-corrected chi connectivity index (χ0v) is 16.0. The smallest absolute Gasteiger partial charge is 0.270 e. The number of fused-ring (bicyclic) bond motifs is 2. The van der Waals surface area contributed by atoms with Crippen LogP contribution in [0, 0.1) is 5.92 Å². The number of amides is 1. The van der Waals surface area contributed by atoms with Gasteiger partial charge in [-0.15, -0.1) is 0 Å². The van der Waals surface area contributed by atoms with Gasteiger partial charge in [-0.2, -0.15) is 0 Å². The van der Waals surface area contributed by atoms with Gasteiger partial charge in [-0.25, -0.2) is 0 Å². The molecular formula is C22H25N3O3. The summed E-state index contributed by atoms with van der Waals surface area (Å²) in [6.07, 6.45) is 2.28. The van der Waals surface area contributed by atoms with Gasteiger partial charge in [0.25, 0.3) is 5.91 Å². The Morgan fingerprint density at radius 3 is 2.64 bits per heavy atom. The highest BCUT2D eigenvalue weighted by Gasteiger charge is 2.54. The molecule has 4 saturated heterocycles. The Hall–Kier alpha value is -2.60. The summed E-state index contributed by atoms with van der Waals surface area (Å²) in [4.78, 5) is 32.4. The quantitative estimate of drug-likeness (QED) is 0.887. The summed E-state index contributed by atoms with van der Waals surface area (Å²) in [5.41, 5.74) is 1.37. The number of likely N-dealkylation sites (tertiary alicyclic amines) is 1. The van der Waals surface area contributed by atoms with Gasteiger partial charge >= 0.3 is 0 Å². The van der Waals surface area contributed by atoms with E-state index in [1.807, 2.05) is 17.0 Å². The maximum atomic E-state index is 13.3. The highest BCUT2D eigenvalue weighted by atomic mass is 16.5. The second-order valence-corrected chi connectivity index (χ2v) is 8.12. The number of piperidine rings is 3. The van der Waals surface area contributed by atoms with Crippen molar-refractivity contribution in [1.29, 1.82) is 0 Å². The molecule has 4 aliphatic rings. The SMILES string of the molecule is COc1cccc([C@@H]2CN(C(=O)c3cccc(=O)[nH]3)[C@H]3C4CCN(CC4)[C@@H]23)c1. The third-order valence-electron chi connectivity index (χ3n) is 6.78. The molecule has 146 valence electrons. The summed E-state index contributed by atoms with van der Waals surface area (Å²) in [6, 6.07) is 13.6. The molecule has 0 aliphatic carbocycles. The van der Waals surface area contributed by atoms with Crippen LogP contribution in [0.1, 0.15) is 34.8 Å². The minimum atomic E-state index is -0.236. The fraction of sp³-hybridized carbons (Fsp3) is 0.455. The molecule has 4 fully saturated rings. The van der Waals surface area contributed by atoms with E-state index in [4.69, 9.17) is 4.74 Å². The number of carbonyl (C=O) groups is 1. The van der Waals surface area contributed by atoms with Gasteiger partial charge in [0.15, 0.2) is 0 Å². The number of hydrogen-bond acceptors (Lipinski definition) is 4. The Labute approximate surface area is 164 Å². The van der Waals surface area contributed by atoms with E-state index in [0.717, 1.165) is 31.7 Å². The Balaban J connectivity index is 1.53. The lowest BCUT2D eigenvalue weighted by Crippen LogP contribution is -2.60. The Morgan fingerprint density at radius 1 is 1.11 bits per heavy atom. The van der Waals surface area contributed by atoms with E-state index in [0.29, 0.717) is 24.2 Å². The lowest BCUT2D eigenvalue weighted by atomic mass is 9.75. The summed E-state index contributed by atoms with van der Waals surface area (Å²) in [5.74, 6) is 1.57. The van der Waals surface area contributed by atoms with Gasteiger partial charge in [0.05, 0.1) is 13.2 Å². The van der Waals surface area contributed by atoms with Crippen LogP contribution in [-0.2, 0) is 0 Å². The molecule has 1 amide bonds. The van der Waals surface area contributed by atoms with Crippen molar-refractivity contribution in [2.45, 2.75) is 30.8 Å². The largest absolute Gasteiger partial charge is 0.497 e. The van der Waals surface area contributed by atoms with Gasteiger partial charge in [0.1, 0.15) is 11.4 Å². The number of rotatable bonds is 3. The molecule has 5 heterocycles. The predicted octanol–water partition coefficient (Wildman–Crippen LogP) is 2.09. The summed E-state index contributed by atoms with van der Waals surface area (Å²) in [7, 11) is 1.68. The van der Waals surface area contributed by atoms with Crippen LogP contribution in [-0.4, -0.2) is 59.5 Å². The van der Waals surface area contributed by atoms with Crippen LogP contribution in [0.25, 0.3) is 0 Å². The number of nitrogens with zero attached hydrogens (tertiary/aromatic N) is 2. The molecule has 6 heteroatoms. The van der Waals surface area contributed by atoms with Crippen molar-refractivity contribution in [1.82, 2.24) is 14.8 Å². The van der Waals surface area contributed by atoms with E-state index in [-0.39, 0.29) is 23.4 Å². The van der Waals surface area contributed by atoms with Crippen molar-refractivity contribution in [3.05, 3.63) is 64.1 Å². The van der Waals surface area contributed by atoms with Crippen molar-refractivity contribution in [3.63, 3.8) is 0 Å². The molecule has 4 aliphatic heterocycles. The van der Waals surface area contributed by atoms with Crippen molar-refractivity contribution in [2.75, 3.05) is 26.7 Å². The number of benzene rings is 1. The van der Waals surface area contributed by atoms with Crippen LogP contribution in [0.2, 0.25) is 0 Å². The van der Waals surface area contributed by atoms with Crippen LogP contribution < -0.4 is 10.3 Å². The fourth-order valence-electron chi connectivity index (χ4n) is 5.55. The third kappa shape index (κ3) is 2.75. The topological polar surface area (TPSA) is 65.6 Å². The number of aromatic amines is 1. The minimum absolute atomic E-state index is 0.0631. The number of H-pyrrole nitrogens is 1. The van der Waals surface area contributed by atoms with E-state index in [9.17, 15) is 9.59 Å². The number of nitrogens with one attached hydrogen (secondary N) is 1. The van der Waals surface area contributed by atoms with Gasteiger partial charge in [-0.3, -0.25) is 14.5 Å². The van der Waals surface area contributed by atoms with E-state index in [1.165, 1.54) is 11.6 Å². The molecule has 0 spiro atoms. The Bertz CT molecular complexity index is 948. The van der Waals surface area contributed by atoms with Gasteiger partial charge < -0.3 is 14.6 Å². The van der Waals surface area contributed by atoms with E-state index in [2.05, 4.69) is 22.0 Å². The van der Waals surface area contributed by atoms with Crippen LogP contribution >= 0.6 is 0 Å². The summed E-state index contributed by atoms with van der Waals surface area (Å²) in [6.45, 7) is 2.89. The molecule has 3 atom stereocenters. The second-order valence-electron chi connectivity index (χ2n) is 8.12. The number of carbonyl (C=O) groups excluding carboxylic acids is 1. The summed E-state index contributed by atoms with van der Waals surface area (Å²) >= 11 is 0. The first kappa shape index (κ1) is 17.5. The van der Waals surface area contributed by atoms with Crippen LogP contribution in [0.5, 0.6) is 5.75 Å². The number of pyridine rings is 1. The Kier molecular flexibility index (Phi) is 4.23. The average molecular weight is 379 g/mol. The molecule has 1 aromatic heterocycles. The van der Waals surface area contributed by atoms with Crippen LogP contribution in [0.15, 0.2) is 47.3 Å². The molecule has 1 aromatic carbocycles. The molecule has 28 heavy (non-hydrogen) atoms. The van der Waals surface area contributed by atoms with E-state index >= 15 is 0 Å².